The van der Waals surface area contributed by atoms with Crippen LogP contribution in [0, 0.1) is 5.41 Å². The highest BCUT2D eigenvalue weighted by Gasteiger charge is 2.20. The smallest absolute Gasteiger partial charge is 0.226 e. The summed E-state index contributed by atoms with van der Waals surface area (Å²) in [6.45, 7) is 12.3. The zero-order valence-corrected chi connectivity index (χ0v) is 14.5. The van der Waals surface area contributed by atoms with Crippen LogP contribution in [0.3, 0.4) is 0 Å². The molecule has 0 unspecified atom stereocenters. The van der Waals surface area contributed by atoms with Crippen molar-refractivity contribution in [1.29, 1.82) is 0 Å². The Labute approximate surface area is 133 Å². The van der Waals surface area contributed by atoms with Crippen molar-refractivity contribution in [1.82, 2.24) is 5.32 Å². The molecule has 4 nitrogen and oxygen atoms in total. The van der Waals surface area contributed by atoms with E-state index < -0.39 is 5.41 Å². The molecule has 0 aliphatic rings. The van der Waals surface area contributed by atoms with E-state index in [0.29, 0.717) is 6.54 Å². The lowest BCUT2D eigenvalue weighted by Crippen LogP contribution is -2.36. The Hall–Kier alpha value is -1.84. The van der Waals surface area contributed by atoms with Gasteiger partial charge in [-0.25, -0.2) is 0 Å². The predicted molar refractivity (Wildman–Crippen MR) is 90.9 cm³/mol. The highest BCUT2D eigenvalue weighted by atomic mass is 16.2. The van der Waals surface area contributed by atoms with Gasteiger partial charge < -0.3 is 10.6 Å². The van der Waals surface area contributed by atoms with Crippen LogP contribution in [0.4, 0.5) is 5.69 Å². The Morgan fingerprint density at radius 2 is 1.50 bits per heavy atom. The molecule has 2 N–H and O–H groups in total. The van der Waals surface area contributed by atoms with Crippen LogP contribution in [0.15, 0.2) is 24.3 Å². The maximum absolute atomic E-state index is 11.9. The molecule has 0 aliphatic heterocycles. The third-order valence-electron chi connectivity index (χ3n) is 3.35. The minimum Gasteiger partial charge on any atom is -0.355 e. The Kier molecular flexibility index (Phi) is 5.75. The number of nitrogens with one attached hydrogen (secondary N) is 2. The number of rotatable bonds is 4. The van der Waals surface area contributed by atoms with Crippen LogP contribution in [0.25, 0.3) is 0 Å². The van der Waals surface area contributed by atoms with Crippen molar-refractivity contribution in [3.8, 4) is 0 Å². The zero-order chi connectivity index (χ0) is 17.0. The first-order valence-electron chi connectivity index (χ1n) is 7.69. The van der Waals surface area contributed by atoms with E-state index in [1.54, 1.807) is 0 Å². The van der Waals surface area contributed by atoms with Crippen LogP contribution >= 0.6 is 0 Å². The van der Waals surface area contributed by atoms with Gasteiger partial charge in [-0.05, 0) is 23.1 Å². The SMILES string of the molecule is CC(C)(C)C(=O)NCCC(=O)Nc1ccc(C(C)(C)C)cc1. The molecular weight excluding hydrogens is 276 g/mol. The summed E-state index contributed by atoms with van der Waals surface area (Å²) in [7, 11) is 0. The molecule has 0 heterocycles. The lowest BCUT2D eigenvalue weighted by Gasteiger charge is -2.19. The second-order valence-electron chi connectivity index (χ2n) is 7.63. The van der Waals surface area contributed by atoms with Gasteiger partial charge in [0.1, 0.15) is 0 Å². The fourth-order valence-corrected chi connectivity index (χ4v) is 1.83. The molecule has 22 heavy (non-hydrogen) atoms. The number of carbonyl (C=O) groups is 2. The predicted octanol–water partition coefficient (Wildman–Crippen LogP) is 3.48. The Bertz CT molecular complexity index is 520. The van der Waals surface area contributed by atoms with E-state index in [4.69, 9.17) is 0 Å². The van der Waals surface area contributed by atoms with Gasteiger partial charge >= 0.3 is 0 Å². The first kappa shape index (κ1) is 18.2. The average Bonchev–Trinajstić information content (AvgIpc) is 2.37. The summed E-state index contributed by atoms with van der Waals surface area (Å²) < 4.78 is 0. The van der Waals surface area contributed by atoms with Crippen LogP contribution < -0.4 is 10.6 Å². The number of carbonyl (C=O) groups excluding carboxylic acids is 2. The maximum Gasteiger partial charge on any atom is 0.226 e. The van der Waals surface area contributed by atoms with Crippen molar-refractivity contribution in [3.63, 3.8) is 0 Å². The second kappa shape index (κ2) is 6.95. The summed E-state index contributed by atoms with van der Waals surface area (Å²) in [4.78, 5) is 23.6. The highest BCUT2D eigenvalue weighted by Crippen LogP contribution is 2.23. The van der Waals surface area contributed by atoms with Gasteiger partial charge in [0.2, 0.25) is 11.8 Å². The molecule has 1 aromatic carbocycles. The van der Waals surface area contributed by atoms with Gasteiger partial charge in [0, 0.05) is 24.1 Å². The van der Waals surface area contributed by atoms with Gasteiger partial charge in [-0.1, -0.05) is 53.7 Å². The Morgan fingerprint density at radius 1 is 0.955 bits per heavy atom. The van der Waals surface area contributed by atoms with Gasteiger partial charge in [0.25, 0.3) is 0 Å². The van der Waals surface area contributed by atoms with E-state index in [0.717, 1.165) is 5.69 Å². The third-order valence-corrected chi connectivity index (χ3v) is 3.35. The minimum atomic E-state index is -0.431. The second-order valence-corrected chi connectivity index (χ2v) is 7.63. The van der Waals surface area contributed by atoms with Crippen LogP contribution in [0.2, 0.25) is 0 Å². The number of benzene rings is 1. The molecule has 0 radical (unpaired) electrons. The van der Waals surface area contributed by atoms with Crippen LogP contribution in [-0.2, 0) is 15.0 Å². The fraction of sp³-hybridized carbons (Fsp3) is 0.556. The molecule has 4 heteroatoms. The summed E-state index contributed by atoms with van der Waals surface area (Å²) in [6.07, 6.45) is 0.267. The number of anilines is 1. The monoisotopic (exact) mass is 304 g/mol. The van der Waals surface area contributed by atoms with Crippen molar-refractivity contribution in [2.24, 2.45) is 5.41 Å². The largest absolute Gasteiger partial charge is 0.355 e. The summed E-state index contributed by atoms with van der Waals surface area (Å²) in [5, 5.41) is 5.61. The van der Waals surface area contributed by atoms with Crippen molar-refractivity contribution in [3.05, 3.63) is 29.8 Å². The fourth-order valence-electron chi connectivity index (χ4n) is 1.83. The van der Waals surface area contributed by atoms with Crippen LogP contribution in [0.1, 0.15) is 53.5 Å². The summed E-state index contributed by atoms with van der Waals surface area (Å²) in [5.41, 5.74) is 1.67. The molecular formula is C18H28N2O2. The van der Waals surface area contributed by atoms with Gasteiger partial charge in [0.05, 0.1) is 0 Å². The maximum atomic E-state index is 11.9. The molecule has 0 atom stereocenters. The topological polar surface area (TPSA) is 58.2 Å². The van der Waals surface area contributed by atoms with Crippen molar-refractivity contribution in [2.75, 3.05) is 11.9 Å². The van der Waals surface area contributed by atoms with Crippen LogP contribution in [0.5, 0.6) is 0 Å². The molecule has 2 amide bonds. The van der Waals surface area contributed by atoms with Gasteiger partial charge in [-0.3, -0.25) is 9.59 Å². The van der Waals surface area contributed by atoms with E-state index in [1.165, 1.54) is 5.56 Å². The van der Waals surface area contributed by atoms with E-state index in [1.807, 2.05) is 45.0 Å². The van der Waals surface area contributed by atoms with Crippen molar-refractivity contribution in [2.45, 2.75) is 53.4 Å². The molecule has 1 rings (SSSR count). The number of hydrogen-bond donors (Lipinski definition) is 2. The van der Waals surface area contributed by atoms with Gasteiger partial charge in [0.15, 0.2) is 0 Å². The Morgan fingerprint density at radius 3 is 1.95 bits per heavy atom. The molecule has 0 aromatic heterocycles. The summed E-state index contributed by atoms with van der Waals surface area (Å²) in [6, 6.07) is 7.87. The van der Waals surface area contributed by atoms with Gasteiger partial charge in [-0.2, -0.15) is 0 Å². The minimum absolute atomic E-state index is 0.0465. The lowest BCUT2D eigenvalue weighted by atomic mass is 9.87. The molecule has 1 aromatic rings. The summed E-state index contributed by atoms with van der Waals surface area (Å²) in [5.74, 6) is -0.146. The molecule has 0 spiro atoms. The van der Waals surface area contributed by atoms with Crippen molar-refractivity contribution < 1.29 is 9.59 Å². The number of amides is 2. The van der Waals surface area contributed by atoms with Crippen LogP contribution in [-0.4, -0.2) is 18.4 Å². The standard InChI is InChI=1S/C18H28N2O2/c1-17(2,3)13-7-9-14(10-8-13)20-15(21)11-12-19-16(22)18(4,5)6/h7-10H,11-12H2,1-6H3,(H,19,22)(H,20,21). The normalized spacial score (nSPS) is 11.9. The Balaban J connectivity index is 2.44. The lowest BCUT2D eigenvalue weighted by molar-refractivity contribution is -0.128. The highest BCUT2D eigenvalue weighted by molar-refractivity contribution is 5.91. The quantitative estimate of drug-likeness (QED) is 0.894. The third kappa shape index (κ3) is 5.88. The molecule has 122 valence electrons. The molecule has 0 saturated heterocycles. The van der Waals surface area contributed by atoms with E-state index in [2.05, 4.69) is 31.4 Å². The molecule has 0 fully saturated rings. The van der Waals surface area contributed by atoms with Gasteiger partial charge in [-0.15, -0.1) is 0 Å². The number of hydrogen-bond acceptors (Lipinski definition) is 2. The first-order valence-corrected chi connectivity index (χ1v) is 7.69. The van der Waals surface area contributed by atoms with E-state index in [9.17, 15) is 9.59 Å². The molecule has 0 saturated carbocycles. The van der Waals surface area contributed by atoms with Crippen molar-refractivity contribution >= 4 is 17.5 Å². The zero-order valence-electron chi connectivity index (χ0n) is 14.5. The first-order chi connectivity index (χ1) is 10.00. The molecule has 0 bridgehead atoms. The summed E-state index contributed by atoms with van der Waals surface area (Å²) >= 11 is 0. The van der Waals surface area contributed by atoms with E-state index in [-0.39, 0.29) is 23.7 Å². The van der Waals surface area contributed by atoms with E-state index >= 15 is 0 Å². The average molecular weight is 304 g/mol. The molecule has 0 aliphatic carbocycles.